The van der Waals surface area contributed by atoms with E-state index in [1.165, 1.54) is 0 Å². The average molecular weight is 419 g/mol. The fourth-order valence-electron chi connectivity index (χ4n) is 3.43. The second-order valence-corrected chi connectivity index (χ2v) is 8.95. The van der Waals surface area contributed by atoms with Gasteiger partial charge in [0.25, 0.3) is 0 Å². The number of aryl methyl sites for hydroxylation is 1. The van der Waals surface area contributed by atoms with Crippen molar-refractivity contribution in [1.29, 1.82) is 0 Å². The van der Waals surface area contributed by atoms with E-state index in [1.807, 2.05) is 29.1 Å². The molecular weight excluding hydrogens is 388 g/mol. The number of guanidine groups is 1. The molecule has 0 atom stereocenters. The van der Waals surface area contributed by atoms with E-state index >= 15 is 0 Å². The maximum atomic E-state index is 13.1. The predicted molar refractivity (Wildman–Crippen MR) is 114 cm³/mol. The molecule has 0 amide bonds. The summed E-state index contributed by atoms with van der Waals surface area (Å²) < 4.78 is 29.7. The molecule has 0 aliphatic carbocycles. The summed E-state index contributed by atoms with van der Waals surface area (Å²) in [4.78, 5) is 4.61. The first-order valence-electron chi connectivity index (χ1n) is 10.1. The van der Waals surface area contributed by atoms with Crippen molar-refractivity contribution in [3.05, 3.63) is 48.3 Å². The molecule has 1 fully saturated rings. The quantitative estimate of drug-likeness (QED) is 0.388. The Morgan fingerprint density at radius 2 is 1.93 bits per heavy atom. The van der Waals surface area contributed by atoms with E-state index < -0.39 is 10.0 Å². The van der Waals surface area contributed by atoms with E-state index in [2.05, 4.69) is 20.7 Å². The Labute approximate surface area is 173 Å². The van der Waals surface area contributed by atoms with Crippen LogP contribution in [0.2, 0.25) is 0 Å². The lowest BCUT2D eigenvalue weighted by molar-refractivity contribution is 0.346. The molecule has 1 aliphatic heterocycles. The fraction of sp³-hybridized carbons (Fsp3) is 0.500. The molecule has 2 N–H and O–H groups in total. The molecule has 158 valence electrons. The van der Waals surface area contributed by atoms with Gasteiger partial charge < -0.3 is 10.6 Å². The largest absolute Gasteiger partial charge is 0.356 e. The molecule has 8 nitrogen and oxygen atoms in total. The fourth-order valence-corrected chi connectivity index (χ4v) is 5.17. The Hall–Kier alpha value is -2.39. The molecule has 1 saturated heterocycles. The maximum absolute atomic E-state index is 13.1. The van der Waals surface area contributed by atoms with Crippen LogP contribution in [-0.2, 0) is 23.1 Å². The molecular formula is C20H30N6O2S. The standard InChI is InChI=1S/C20H30N6O2S/c1-21-20(22-11-7-13-25-14-8-12-24-25)23-17-18-9-3-4-10-19(18)29(27,28)26-15-5-2-6-16-26/h3-4,8-10,12,14H,2,5-7,11,13,15-17H2,1H3,(H2,21,22,23). The molecule has 1 aliphatic rings. The number of sulfonamides is 1. The molecule has 0 saturated carbocycles. The Morgan fingerprint density at radius 1 is 1.14 bits per heavy atom. The van der Waals surface area contributed by atoms with E-state index in [0.29, 0.717) is 30.5 Å². The van der Waals surface area contributed by atoms with Crippen LogP contribution in [0.4, 0.5) is 0 Å². The van der Waals surface area contributed by atoms with Crippen molar-refractivity contribution in [3.8, 4) is 0 Å². The summed E-state index contributed by atoms with van der Waals surface area (Å²) in [6.07, 6.45) is 7.56. The Balaban J connectivity index is 1.56. The van der Waals surface area contributed by atoms with Crippen LogP contribution >= 0.6 is 0 Å². The van der Waals surface area contributed by atoms with Crippen LogP contribution in [0.15, 0.2) is 52.6 Å². The normalized spacial score (nSPS) is 16.0. The van der Waals surface area contributed by atoms with Gasteiger partial charge >= 0.3 is 0 Å². The first kappa shape index (κ1) is 21.3. The highest BCUT2D eigenvalue weighted by molar-refractivity contribution is 7.89. The number of benzene rings is 1. The SMILES string of the molecule is CN=C(NCCCn1cccn1)NCc1ccccc1S(=O)(=O)N1CCCCC1. The Morgan fingerprint density at radius 3 is 2.66 bits per heavy atom. The van der Waals surface area contributed by atoms with E-state index in [1.54, 1.807) is 29.7 Å². The third-order valence-electron chi connectivity index (χ3n) is 4.99. The van der Waals surface area contributed by atoms with Crippen LogP contribution in [-0.4, -0.2) is 55.1 Å². The van der Waals surface area contributed by atoms with E-state index in [4.69, 9.17) is 0 Å². The molecule has 0 unspecified atom stereocenters. The predicted octanol–water partition coefficient (Wildman–Crippen LogP) is 1.81. The summed E-state index contributed by atoms with van der Waals surface area (Å²) in [5.74, 6) is 0.649. The van der Waals surface area contributed by atoms with Crippen LogP contribution in [0.3, 0.4) is 0 Å². The number of piperidine rings is 1. The van der Waals surface area contributed by atoms with Crippen molar-refractivity contribution in [2.45, 2.75) is 43.7 Å². The van der Waals surface area contributed by atoms with Gasteiger partial charge in [-0.2, -0.15) is 9.40 Å². The van der Waals surface area contributed by atoms with Crippen molar-refractivity contribution in [3.63, 3.8) is 0 Å². The van der Waals surface area contributed by atoms with Gasteiger partial charge in [0.15, 0.2) is 5.96 Å². The summed E-state index contributed by atoms with van der Waals surface area (Å²) >= 11 is 0. The molecule has 0 spiro atoms. The highest BCUT2D eigenvalue weighted by Crippen LogP contribution is 2.23. The van der Waals surface area contributed by atoms with Crippen LogP contribution < -0.4 is 10.6 Å². The summed E-state index contributed by atoms with van der Waals surface area (Å²) in [6.45, 7) is 3.16. The van der Waals surface area contributed by atoms with Gasteiger partial charge in [0.05, 0.1) is 4.90 Å². The zero-order chi connectivity index (χ0) is 20.5. The highest BCUT2D eigenvalue weighted by Gasteiger charge is 2.27. The molecule has 1 aromatic heterocycles. The molecule has 2 heterocycles. The second-order valence-electron chi connectivity index (χ2n) is 7.05. The summed E-state index contributed by atoms with van der Waals surface area (Å²) in [6, 6.07) is 9.11. The number of aromatic nitrogens is 2. The minimum atomic E-state index is -3.47. The van der Waals surface area contributed by atoms with Crippen molar-refractivity contribution in [2.24, 2.45) is 4.99 Å². The minimum Gasteiger partial charge on any atom is -0.356 e. The minimum absolute atomic E-state index is 0.378. The number of aliphatic imine (C=N–C) groups is 1. The van der Waals surface area contributed by atoms with Crippen LogP contribution in [0.25, 0.3) is 0 Å². The van der Waals surface area contributed by atoms with Gasteiger partial charge in [0, 0.05) is 52.2 Å². The Kier molecular flexibility index (Phi) is 7.65. The monoisotopic (exact) mass is 418 g/mol. The maximum Gasteiger partial charge on any atom is 0.243 e. The molecule has 3 rings (SSSR count). The number of nitrogens with one attached hydrogen (secondary N) is 2. The smallest absolute Gasteiger partial charge is 0.243 e. The van der Waals surface area contributed by atoms with Gasteiger partial charge in [-0.3, -0.25) is 9.67 Å². The molecule has 0 radical (unpaired) electrons. The summed E-state index contributed by atoms with van der Waals surface area (Å²) in [5, 5.41) is 10.7. The van der Waals surface area contributed by atoms with Gasteiger partial charge in [0.2, 0.25) is 10.0 Å². The van der Waals surface area contributed by atoms with E-state index in [-0.39, 0.29) is 0 Å². The molecule has 29 heavy (non-hydrogen) atoms. The van der Waals surface area contributed by atoms with Crippen molar-refractivity contribution in [2.75, 3.05) is 26.7 Å². The number of nitrogens with zero attached hydrogens (tertiary/aromatic N) is 4. The molecule has 9 heteroatoms. The van der Waals surface area contributed by atoms with Crippen LogP contribution in [0.5, 0.6) is 0 Å². The number of hydrogen-bond donors (Lipinski definition) is 2. The lowest BCUT2D eigenvalue weighted by atomic mass is 10.2. The van der Waals surface area contributed by atoms with E-state index in [9.17, 15) is 8.42 Å². The third-order valence-corrected chi connectivity index (χ3v) is 6.99. The van der Waals surface area contributed by atoms with Gasteiger partial charge in [0.1, 0.15) is 0 Å². The molecule has 1 aromatic carbocycles. The van der Waals surface area contributed by atoms with Crippen molar-refractivity contribution >= 4 is 16.0 Å². The molecule has 0 bridgehead atoms. The van der Waals surface area contributed by atoms with Crippen molar-refractivity contribution in [1.82, 2.24) is 24.7 Å². The van der Waals surface area contributed by atoms with Crippen molar-refractivity contribution < 1.29 is 8.42 Å². The average Bonchev–Trinajstić information content (AvgIpc) is 3.27. The van der Waals surface area contributed by atoms with Crippen LogP contribution in [0.1, 0.15) is 31.2 Å². The van der Waals surface area contributed by atoms with E-state index in [0.717, 1.165) is 44.3 Å². The van der Waals surface area contributed by atoms with Gasteiger partial charge in [-0.25, -0.2) is 8.42 Å². The number of hydrogen-bond acceptors (Lipinski definition) is 4. The summed E-state index contributed by atoms with van der Waals surface area (Å²) in [5.41, 5.74) is 0.748. The summed E-state index contributed by atoms with van der Waals surface area (Å²) in [7, 11) is -1.76. The zero-order valence-electron chi connectivity index (χ0n) is 16.9. The zero-order valence-corrected chi connectivity index (χ0v) is 17.7. The topological polar surface area (TPSA) is 91.6 Å². The van der Waals surface area contributed by atoms with Gasteiger partial charge in [-0.1, -0.05) is 24.6 Å². The Bertz CT molecular complexity index is 889. The first-order chi connectivity index (χ1) is 14.1. The number of rotatable bonds is 8. The van der Waals surface area contributed by atoms with Gasteiger partial charge in [-0.15, -0.1) is 0 Å². The first-order valence-corrected chi connectivity index (χ1v) is 11.6. The lowest BCUT2D eigenvalue weighted by Gasteiger charge is -2.27. The van der Waals surface area contributed by atoms with Crippen LogP contribution in [0, 0.1) is 0 Å². The highest BCUT2D eigenvalue weighted by atomic mass is 32.2. The lowest BCUT2D eigenvalue weighted by Crippen LogP contribution is -2.39. The van der Waals surface area contributed by atoms with Gasteiger partial charge in [-0.05, 0) is 37.0 Å². The third kappa shape index (κ3) is 5.80. The molecule has 2 aromatic rings. The second kappa shape index (κ2) is 10.4.